The van der Waals surface area contributed by atoms with Gasteiger partial charge in [-0.3, -0.25) is 0 Å². The molecule has 3 saturated heterocycles. The molecule has 42 heavy (non-hydrogen) atoms. The number of aliphatic hydroxyl groups excluding tert-OH is 1. The zero-order valence-electron chi connectivity index (χ0n) is 24.1. The highest BCUT2D eigenvalue weighted by molar-refractivity contribution is 7.89. The number of aliphatic hydroxyl groups is 1. The van der Waals surface area contributed by atoms with Crippen molar-refractivity contribution in [1.82, 2.24) is 9.62 Å². The molecular formula is C30H40N2O9S. The van der Waals surface area contributed by atoms with Gasteiger partial charge in [0.05, 0.1) is 43.3 Å². The van der Waals surface area contributed by atoms with E-state index >= 15 is 0 Å². The Bertz CT molecular complexity index is 1290. The fraction of sp³-hybridized carbons (Fsp3) is 0.567. The summed E-state index contributed by atoms with van der Waals surface area (Å²) in [6.45, 7) is 4.57. The van der Waals surface area contributed by atoms with Crippen LogP contribution in [0.2, 0.25) is 0 Å². The van der Waals surface area contributed by atoms with Gasteiger partial charge in [-0.15, -0.1) is 0 Å². The fourth-order valence-corrected chi connectivity index (χ4v) is 7.54. The maximum Gasteiger partial charge on any atom is 0.407 e. The standard InChI is InChI=1S/C30H40N2O9S/c1-19(2)16-32(42(35,36)22-11-9-21(37-3)10-12-22)17-25(33)24(15-20-7-5-4-6-8-20)31-30(34)40-26-18-39-29-27(26)23-13-14-38-28(23)41-29/h4-12,19,23-29,33H,13-18H2,1-3H3,(H,31,34)/t23-,24+,25-,26?,27?,28?,29+/m1/s1. The smallest absolute Gasteiger partial charge is 0.407 e. The van der Waals surface area contributed by atoms with Crippen LogP contribution in [0.1, 0.15) is 25.8 Å². The van der Waals surface area contributed by atoms with Gasteiger partial charge >= 0.3 is 6.09 Å². The van der Waals surface area contributed by atoms with Crippen molar-refractivity contribution in [1.29, 1.82) is 0 Å². The van der Waals surface area contributed by atoms with Gasteiger partial charge in [0.2, 0.25) is 10.0 Å². The van der Waals surface area contributed by atoms with Gasteiger partial charge in [0, 0.05) is 19.0 Å². The van der Waals surface area contributed by atoms with Gasteiger partial charge in [-0.25, -0.2) is 13.2 Å². The number of nitrogens with one attached hydrogen (secondary N) is 1. The number of amides is 1. The van der Waals surface area contributed by atoms with E-state index in [1.165, 1.54) is 23.5 Å². The molecule has 0 spiro atoms. The normalized spacial score (nSPS) is 26.6. The van der Waals surface area contributed by atoms with Gasteiger partial charge in [0.25, 0.3) is 0 Å². The van der Waals surface area contributed by atoms with Crippen LogP contribution in [0.4, 0.5) is 4.79 Å². The number of methoxy groups -OCH3 is 1. The summed E-state index contributed by atoms with van der Waals surface area (Å²) in [7, 11) is -2.45. The average molecular weight is 605 g/mol. The highest BCUT2D eigenvalue weighted by Gasteiger charge is 2.56. The van der Waals surface area contributed by atoms with Crippen molar-refractivity contribution in [3.8, 4) is 5.75 Å². The van der Waals surface area contributed by atoms with Gasteiger partial charge < -0.3 is 34.1 Å². The van der Waals surface area contributed by atoms with E-state index in [1.54, 1.807) is 12.1 Å². The second kappa shape index (κ2) is 13.3. The van der Waals surface area contributed by atoms with Crippen LogP contribution in [0, 0.1) is 17.8 Å². The van der Waals surface area contributed by atoms with Crippen LogP contribution in [-0.2, 0) is 35.4 Å². The predicted octanol–water partition coefficient (Wildman–Crippen LogP) is 2.77. The van der Waals surface area contributed by atoms with Crippen molar-refractivity contribution < 1.29 is 42.0 Å². The molecule has 1 amide bonds. The van der Waals surface area contributed by atoms with E-state index < -0.39 is 40.7 Å². The molecule has 7 atom stereocenters. The van der Waals surface area contributed by atoms with Gasteiger partial charge in [-0.2, -0.15) is 4.31 Å². The van der Waals surface area contributed by atoms with Gasteiger partial charge in [0.15, 0.2) is 12.6 Å². The number of alkyl carbamates (subject to hydrolysis) is 1. The van der Waals surface area contributed by atoms with Gasteiger partial charge in [0.1, 0.15) is 11.9 Å². The number of carbonyl (C=O) groups is 1. The molecule has 5 rings (SSSR count). The molecule has 2 aromatic carbocycles. The van der Waals surface area contributed by atoms with Crippen LogP contribution < -0.4 is 10.1 Å². The molecule has 0 saturated carbocycles. The molecule has 0 aromatic heterocycles. The van der Waals surface area contributed by atoms with Gasteiger partial charge in [-0.1, -0.05) is 44.2 Å². The Morgan fingerprint density at radius 2 is 1.81 bits per heavy atom. The lowest BCUT2D eigenvalue weighted by molar-refractivity contribution is -0.188. The summed E-state index contributed by atoms with van der Waals surface area (Å²) in [6, 6.07) is 14.7. The lowest BCUT2D eigenvalue weighted by atomic mass is 9.89. The molecule has 0 radical (unpaired) electrons. The number of hydrogen-bond acceptors (Lipinski definition) is 9. The Balaban J connectivity index is 1.31. The molecule has 3 aliphatic rings. The van der Waals surface area contributed by atoms with Crippen LogP contribution >= 0.6 is 0 Å². The lowest BCUT2D eigenvalue weighted by Crippen LogP contribution is -2.52. The number of rotatable bonds is 12. The van der Waals surface area contributed by atoms with E-state index in [9.17, 15) is 18.3 Å². The SMILES string of the molecule is COc1ccc(S(=O)(=O)N(CC(C)C)C[C@@H](O)[C@H](Cc2ccccc2)NC(=O)OC2CO[C@H]3OC4OCC[C@@H]4C23)cc1. The molecule has 2 N–H and O–H groups in total. The number of carbonyl (C=O) groups excluding carboxylic acids is 1. The largest absolute Gasteiger partial charge is 0.497 e. The van der Waals surface area contributed by atoms with Crippen molar-refractivity contribution in [3.63, 3.8) is 0 Å². The summed E-state index contributed by atoms with van der Waals surface area (Å²) in [6.07, 6.45) is -2.21. The first-order chi connectivity index (χ1) is 20.2. The van der Waals surface area contributed by atoms with E-state index in [1.807, 2.05) is 44.2 Å². The molecular weight excluding hydrogens is 564 g/mol. The summed E-state index contributed by atoms with van der Waals surface area (Å²) >= 11 is 0. The maximum atomic E-state index is 13.7. The monoisotopic (exact) mass is 604 g/mol. The Kier molecular flexibility index (Phi) is 9.70. The number of sulfonamides is 1. The highest BCUT2D eigenvalue weighted by atomic mass is 32.2. The summed E-state index contributed by atoms with van der Waals surface area (Å²) < 4.78 is 56.7. The molecule has 3 fully saturated rings. The number of ether oxygens (including phenoxy) is 5. The minimum absolute atomic E-state index is 0.0111. The van der Waals surface area contributed by atoms with Crippen molar-refractivity contribution in [2.45, 2.75) is 62.4 Å². The van der Waals surface area contributed by atoms with Crippen LogP contribution in [0.15, 0.2) is 59.5 Å². The first kappa shape index (κ1) is 30.7. The van der Waals surface area contributed by atoms with Crippen molar-refractivity contribution in [2.24, 2.45) is 17.8 Å². The summed E-state index contributed by atoms with van der Waals surface area (Å²) in [5.74, 6) is 0.489. The van der Waals surface area contributed by atoms with Crippen LogP contribution in [0.3, 0.4) is 0 Å². The van der Waals surface area contributed by atoms with Crippen molar-refractivity contribution in [3.05, 3.63) is 60.2 Å². The average Bonchev–Trinajstić information content (AvgIpc) is 3.66. The third kappa shape index (κ3) is 6.90. The quantitative estimate of drug-likeness (QED) is 0.375. The summed E-state index contributed by atoms with van der Waals surface area (Å²) in [5, 5.41) is 14.3. The molecule has 2 aromatic rings. The van der Waals surface area contributed by atoms with E-state index in [2.05, 4.69) is 5.32 Å². The lowest BCUT2D eigenvalue weighted by Gasteiger charge is -2.31. The highest BCUT2D eigenvalue weighted by Crippen LogP contribution is 2.45. The molecule has 11 nitrogen and oxygen atoms in total. The molecule has 3 aliphatic heterocycles. The van der Waals surface area contributed by atoms with Crippen molar-refractivity contribution in [2.75, 3.05) is 33.4 Å². The second-order valence-electron chi connectivity index (χ2n) is 11.4. The minimum atomic E-state index is -3.96. The van der Waals surface area contributed by atoms with Crippen LogP contribution in [-0.4, -0.2) is 88.2 Å². The number of fused-ring (bicyclic) bond motifs is 3. The van der Waals surface area contributed by atoms with E-state index in [0.717, 1.165) is 12.0 Å². The molecule has 230 valence electrons. The molecule has 3 unspecified atom stereocenters. The Morgan fingerprint density at radius 1 is 1.07 bits per heavy atom. The maximum absolute atomic E-state index is 13.7. The predicted molar refractivity (Wildman–Crippen MR) is 152 cm³/mol. The summed E-state index contributed by atoms with van der Waals surface area (Å²) in [5.41, 5.74) is 0.870. The minimum Gasteiger partial charge on any atom is -0.497 e. The molecule has 0 aliphatic carbocycles. The zero-order valence-corrected chi connectivity index (χ0v) is 24.9. The molecule has 0 bridgehead atoms. The Morgan fingerprint density at radius 3 is 2.50 bits per heavy atom. The third-order valence-corrected chi connectivity index (χ3v) is 9.84. The number of hydrogen-bond donors (Lipinski definition) is 2. The van der Waals surface area contributed by atoms with Crippen LogP contribution in [0.5, 0.6) is 5.75 Å². The van der Waals surface area contributed by atoms with E-state index in [4.69, 9.17) is 23.7 Å². The van der Waals surface area contributed by atoms with Gasteiger partial charge in [-0.05, 0) is 48.6 Å². The number of benzene rings is 2. The second-order valence-corrected chi connectivity index (χ2v) is 13.4. The first-order valence-corrected chi connectivity index (χ1v) is 15.8. The molecule has 3 heterocycles. The zero-order chi connectivity index (χ0) is 29.9. The fourth-order valence-electron chi connectivity index (χ4n) is 5.92. The van der Waals surface area contributed by atoms with E-state index in [-0.39, 0.29) is 55.1 Å². The Labute approximate surface area is 247 Å². The molecule has 12 heteroatoms. The summed E-state index contributed by atoms with van der Waals surface area (Å²) in [4.78, 5) is 13.3. The van der Waals surface area contributed by atoms with Crippen molar-refractivity contribution >= 4 is 16.1 Å². The van der Waals surface area contributed by atoms with E-state index in [0.29, 0.717) is 12.4 Å². The van der Waals surface area contributed by atoms with Crippen LogP contribution in [0.25, 0.3) is 0 Å². The topological polar surface area (TPSA) is 133 Å². The number of nitrogens with zero attached hydrogens (tertiary/aromatic N) is 1. The third-order valence-electron chi connectivity index (χ3n) is 8.00. The first-order valence-electron chi connectivity index (χ1n) is 14.4. The Hall–Kier alpha value is -2.74.